The molecule has 0 spiro atoms. The molecule has 0 heterocycles. The van der Waals surface area contributed by atoms with E-state index >= 15 is 0 Å². The van der Waals surface area contributed by atoms with Gasteiger partial charge in [0.05, 0.1) is 28.2 Å². The lowest BCUT2D eigenvalue weighted by Gasteiger charge is -2.20. The number of hydrogen-bond acceptors (Lipinski definition) is 5. The van der Waals surface area contributed by atoms with Gasteiger partial charge in [-0.15, -0.1) is 0 Å². The van der Waals surface area contributed by atoms with Crippen LogP contribution in [0.5, 0.6) is 0 Å². The first-order valence-electron chi connectivity index (χ1n) is 10.6. The maximum Gasteiger partial charge on any atom is 0.257 e. The summed E-state index contributed by atoms with van der Waals surface area (Å²) in [5.41, 5.74) is 1.70. The predicted octanol–water partition coefficient (Wildman–Crippen LogP) is 4.39. The van der Waals surface area contributed by atoms with Gasteiger partial charge in [0.1, 0.15) is 0 Å². The van der Waals surface area contributed by atoms with Gasteiger partial charge in [-0.1, -0.05) is 44.2 Å². The fourth-order valence-corrected chi connectivity index (χ4v) is 5.13. The number of aryl methyl sites for hydroxylation is 1. The molecule has 9 heteroatoms. The number of amides is 1. The number of nitrogens with zero attached hydrogens (tertiary/aromatic N) is 1. The van der Waals surface area contributed by atoms with E-state index in [1.54, 1.807) is 18.2 Å². The van der Waals surface area contributed by atoms with Gasteiger partial charge in [0.15, 0.2) is 9.84 Å². The Labute approximate surface area is 191 Å². The summed E-state index contributed by atoms with van der Waals surface area (Å²) in [6.07, 6.45) is 5.84. The monoisotopic (exact) mass is 480 g/mol. The number of rotatable bonds is 11. The molecule has 1 N–H and O–H groups in total. The molecule has 0 aromatic heterocycles. The highest BCUT2D eigenvalue weighted by Gasteiger charge is 2.20. The second-order valence-electron chi connectivity index (χ2n) is 7.96. The number of sulfone groups is 1. The Bertz CT molecular complexity index is 1140. The van der Waals surface area contributed by atoms with E-state index in [4.69, 9.17) is 0 Å². The van der Waals surface area contributed by atoms with Gasteiger partial charge in [-0.05, 0) is 49.7 Å². The van der Waals surface area contributed by atoms with Gasteiger partial charge in [-0.2, -0.15) is 0 Å². The van der Waals surface area contributed by atoms with Crippen LogP contribution >= 0.6 is 0 Å². The zero-order valence-electron chi connectivity index (χ0n) is 19.1. The molecule has 0 atom stereocenters. The van der Waals surface area contributed by atoms with Crippen LogP contribution in [0.4, 0.5) is 11.4 Å². The molecule has 0 aliphatic heterocycles. The molecule has 1 amide bonds. The second-order valence-corrected chi connectivity index (χ2v) is 12.1. The highest BCUT2D eigenvalue weighted by molar-refractivity contribution is 7.92. The molecule has 2 aromatic rings. The minimum atomic E-state index is -3.55. The molecule has 0 aliphatic carbocycles. The second kappa shape index (κ2) is 11.0. The summed E-state index contributed by atoms with van der Waals surface area (Å²) in [5, 5.41) is 2.72. The quantitative estimate of drug-likeness (QED) is 0.481. The topological polar surface area (TPSA) is 101 Å². The molecule has 0 fully saturated rings. The van der Waals surface area contributed by atoms with Crippen molar-refractivity contribution in [2.75, 3.05) is 28.7 Å². The van der Waals surface area contributed by atoms with E-state index in [0.29, 0.717) is 12.1 Å². The smallest absolute Gasteiger partial charge is 0.257 e. The number of nitrogens with one attached hydrogen (secondary N) is 1. The fourth-order valence-electron chi connectivity index (χ4n) is 3.24. The van der Waals surface area contributed by atoms with Gasteiger partial charge < -0.3 is 5.32 Å². The standard InChI is InChI=1S/C23H32N2O5S2/c1-5-6-7-8-9-16-32(29,30)20-13-11-19(12-14-20)24-23(26)21-17-18(2)10-15-22(21)25(3)31(4,27)28/h10-15,17H,5-9,16H2,1-4H3,(H,24,26). The number of hydrogen-bond donors (Lipinski definition) is 1. The Morgan fingerprint density at radius 3 is 2.16 bits per heavy atom. The maximum atomic E-state index is 12.9. The van der Waals surface area contributed by atoms with Gasteiger partial charge in [0, 0.05) is 12.7 Å². The van der Waals surface area contributed by atoms with Crippen LogP contribution in [0.1, 0.15) is 54.9 Å². The molecule has 0 bridgehead atoms. The Balaban J connectivity index is 2.15. The van der Waals surface area contributed by atoms with E-state index in [1.807, 2.05) is 6.92 Å². The summed E-state index contributed by atoms with van der Waals surface area (Å²) in [6.45, 7) is 3.92. The maximum absolute atomic E-state index is 12.9. The van der Waals surface area contributed by atoms with Crippen LogP contribution in [0, 0.1) is 6.92 Å². The number of benzene rings is 2. The van der Waals surface area contributed by atoms with Gasteiger partial charge in [0.2, 0.25) is 10.0 Å². The summed E-state index contributed by atoms with van der Waals surface area (Å²) in [6, 6.07) is 11.0. The third-order valence-corrected chi connectivity index (χ3v) is 8.23. The molecule has 32 heavy (non-hydrogen) atoms. The average molecular weight is 481 g/mol. The minimum Gasteiger partial charge on any atom is -0.322 e. The van der Waals surface area contributed by atoms with Crippen molar-refractivity contribution in [3.8, 4) is 0 Å². The van der Waals surface area contributed by atoms with Crippen LogP contribution < -0.4 is 9.62 Å². The van der Waals surface area contributed by atoms with Crippen molar-refractivity contribution < 1.29 is 21.6 Å². The summed E-state index contributed by atoms with van der Waals surface area (Å²) in [5.74, 6) is -0.377. The zero-order valence-corrected chi connectivity index (χ0v) is 20.7. The minimum absolute atomic E-state index is 0.104. The van der Waals surface area contributed by atoms with E-state index in [0.717, 1.165) is 41.8 Å². The number of anilines is 2. The van der Waals surface area contributed by atoms with Crippen molar-refractivity contribution in [2.24, 2.45) is 0 Å². The summed E-state index contributed by atoms with van der Waals surface area (Å²) < 4.78 is 50.0. The lowest BCUT2D eigenvalue weighted by atomic mass is 10.1. The fraction of sp³-hybridized carbons (Fsp3) is 0.435. The van der Waals surface area contributed by atoms with Gasteiger partial charge in [-0.25, -0.2) is 16.8 Å². The number of carbonyl (C=O) groups excluding carboxylic acids is 1. The van der Waals surface area contributed by atoms with Crippen molar-refractivity contribution >= 4 is 37.1 Å². The first-order valence-corrected chi connectivity index (χ1v) is 14.1. The molecule has 0 aliphatic rings. The first-order chi connectivity index (χ1) is 15.0. The number of sulfonamides is 1. The summed E-state index contributed by atoms with van der Waals surface area (Å²) in [4.78, 5) is 13.1. The third kappa shape index (κ3) is 7.06. The normalized spacial score (nSPS) is 11.9. The van der Waals surface area contributed by atoms with Crippen LogP contribution in [0.3, 0.4) is 0 Å². The molecule has 0 radical (unpaired) electrons. The van der Waals surface area contributed by atoms with Crippen LogP contribution in [0.15, 0.2) is 47.4 Å². The molecule has 0 saturated carbocycles. The van der Waals surface area contributed by atoms with E-state index in [2.05, 4.69) is 12.2 Å². The Hall–Kier alpha value is -2.39. The third-order valence-electron chi connectivity index (χ3n) is 5.22. The Kier molecular flexibility index (Phi) is 8.86. The van der Waals surface area contributed by atoms with Crippen LogP contribution in [-0.4, -0.2) is 41.8 Å². The molecule has 2 aromatic carbocycles. The van der Waals surface area contributed by atoms with E-state index in [1.165, 1.54) is 31.3 Å². The Morgan fingerprint density at radius 1 is 0.938 bits per heavy atom. The lowest BCUT2D eigenvalue weighted by molar-refractivity contribution is 0.102. The van der Waals surface area contributed by atoms with Gasteiger partial charge in [0.25, 0.3) is 5.91 Å². The largest absolute Gasteiger partial charge is 0.322 e. The molecule has 2 rings (SSSR count). The molecular weight excluding hydrogens is 448 g/mol. The van der Waals surface area contributed by atoms with Crippen LogP contribution in [-0.2, 0) is 19.9 Å². The van der Waals surface area contributed by atoms with Crippen molar-refractivity contribution in [1.29, 1.82) is 0 Å². The van der Waals surface area contributed by atoms with Gasteiger partial charge >= 0.3 is 0 Å². The zero-order chi connectivity index (χ0) is 23.9. The SMILES string of the molecule is CCCCCCCS(=O)(=O)c1ccc(NC(=O)c2cc(C)ccc2N(C)S(C)(=O)=O)cc1. The van der Waals surface area contributed by atoms with Crippen LogP contribution in [0.2, 0.25) is 0 Å². The average Bonchev–Trinajstić information content (AvgIpc) is 2.72. The van der Waals surface area contributed by atoms with Crippen molar-refractivity contribution in [1.82, 2.24) is 0 Å². The lowest BCUT2D eigenvalue weighted by Crippen LogP contribution is -2.27. The van der Waals surface area contributed by atoms with Crippen molar-refractivity contribution in [2.45, 2.75) is 50.8 Å². The van der Waals surface area contributed by atoms with E-state index < -0.39 is 25.8 Å². The van der Waals surface area contributed by atoms with E-state index in [-0.39, 0.29) is 21.9 Å². The predicted molar refractivity (Wildman–Crippen MR) is 130 cm³/mol. The summed E-state index contributed by atoms with van der Waals surface area (Å²) >= 11 is 0. The first kappa shape index (κ1) is 25.9. The number of unbranched alkanes of at least 4 members (excludes halogenated alkanes) is 4. The highest BCUT2D eigenvalue weighted by atomic mass is 32.2. The Morgan fingerprint density at radius 2 is 1.56 bits per heavy atom. The van der Waals surface area contributed by atoms with Gasteiger partial charge in [-0.3, -0.25) is 9.10 Å². The molecule has 0 saturated heterocycles. The molecule has 0 unspecified atom stereocenters. The number of carbonyl (C=O) groups is 1. The van der Waals surface area contributed by atoms with Crippen molar-refractivity contribution in [3.63, 3.8) is 0 Å². The summed E-state index contributed by atoms with van der Waals surface area (Å²) in [7, 11) is -5.53. The van der Waals surface area contributed by atoms with Crippen molar-refractivity contribution in [3.05, 3.63) is 53.6 Å². The molecular formula is C23H32N2O5S2. The highest BCUT2D eigenvalue weighted by Crippen LogP contribution is 2.25. The molecule has 176 valence electrons. The molecule has 7 nitrogen and oxygen atoms in total. The van der Waals surface area contributed by atoms with Crippen LogP contribution in [0.25, 0.3) is 0 Å². The van der Waals surface area contributed by atoms with E-state index in [9.17, 15) is 21.6 Å².